The Morgan fingerprint density at radius 2 is 2.25 bits per heavy atom. The van der Waals surface area contributed by atoms with Crippen LogP contribution >= 0.6 is 11.3 Å². The second-order valence-electron chi connectivity index (χ2n) is 2.97. The molecule has 1 aromatic heterocycles. The predicted molar refractivity (Wildman–Crippen MR) is 61.0 cm³/mol. The van der Waals surface area contributed by atoms with E-state index in [1.165, 1.54) is 11.3 Å². The lowest BCUT2D eigenvalue weighted by Gasteiger charge is -2.02. The first-order valence-corrected chi connectivity index (χ1v) is 5.74. The van der Waals surface area contributed by atoms with Crippen LogP contribution in [-0.2, 0) is 11.3 Å². The topological polar surface area (TPSA) is 97.1 Å². The maximum Gasteiger partial charge on any atom is 0.271 e. The summed E-state index contributed by atoms with van der Waals surface area (Å²) in [4.78, 5) is 26.6. The van der Waals surface area contributed by atoms with Gasteiger partial charge in [-0.05, 0) is 6.92 Å². The van der Waals surface area contributed by atoms with E-state index in [1.807, 2.05) is 6.92 Å². The minimum Gasteiger partial charge on any atom is -0.355 e. The number of hydrogen-bond acceptors (Lipinski definition) is 5. The molecule has 0 aliphatic heterocycles. The summed E-state index contributed by atoms with van der Waals surface area (Å²) in [5, 5.41) is 7.37. The van der Waals surface area contributed by atoms with E-state index in [9.17, 15) is 9.59 Å². The highest BCUT2D eigenvalue weighted by Crippen LogP contribution is 2.08. The summed E-state index contributed by atoms with van der Waals surface area (Å²) >= 11 is 1.32. The third-order valence-electron chi connectivity index (χ3n) is 1.74. The molecule has 0 bridgehead atoms. The van der Waals surface area contributed by atoms with Gasteiger partial charge in [0.2, 0.25) is 5.91 Å². The van der Waals surface area contributed by atoms with E-state index in [0.29, 0.717) is 23.8 Å². The van der Waals surface area contributed by atoms with Crippen molar-refractivity contribution in [2.24, 2.45) is 5.73 Å². The van der Waals surface area contributed by atoms with Crippen LogP contribution in [0, 0.1) is 0 Å². The van der Waals surface area contributed by atoms with E-state index in [2.05, 4.69) is 15.6 Å². The molecule has 6 nitrogen and oxygen atoms in total. The van der Waals surface area contributed by atoms with Crippen LogP contribution in [0.15, 0.2) is 5.38 Å². The molecule has 2 amide bonds. The summed E-state index contributed by atoms with van der Waals surface area (Å²) in [6, 6.07) is 0. The number of hydrogen-bond donors (Lipinski definition) is 3. The molecule has 0 saturated heterocycles. The lowest BCUT2D eigenvalue weighted by Crippen LogP contribution is -2.36. The van der Waals surface area contributed by atoms with Gasteiger partial charge in [-0.25, -0.2) is 4.98 Å². The molecule has 1 heterocycles. The van der Waals surface area contributed by atoms with Crippen molar-refractivity contribution in [3.05, 3.63) is 16.1 Å². The van der Waals surface area contributed by atoms with Crippen LogP contribution in [0.25, 0.3) is 0 Å². The number of thiazole rings is 1. The number of nitrogens with two attached hydrogens (primary N) is 1. The standard InChI is InChI=1S/C9H14N4O2S/c1-2-11-7(14)4-12-9(15)6-5-16-8(3-10)13-6/h5H,2-4,10H2,1H3,(H,11,14)(H,12,15). The van der Waals surface area contributed by atoms with Gasteiger partial charge in [0.05, 0.1) is 6.54 Å². The zero-order valence-corrected chi connectivity index (χ0v) is 9.76. The fourth-order valence-electron chi connectivity index (χ4n) is 1.02. The van der Waals surface area contributed by atoms with Crippen molar-refractivity contribution in [2.75, 3.05) is 13.1 Å². The fraction of sp³-hybridized carbons (Fsp3) is 0.444. The quantitative estimate of drug-likeness (QED) is 0.646. The van der Waals surface area contributed by atoms with Gasteiger partial charge in [-0.1, -0.05) is 0 Å². The van der Waals surface area contributed by atoms with Crippen molar-refractivity contribution in [3.63, 3.8) is 0 Å². The first-order chi connectivity index (χ1) is 7.67. The third-order valence-corrected chi connectivity index (χ3v) is 2.61. The van der Waals surface area contributed by atoms with Gasteiger partial charge in [-0.3, -0.25) is 9.59 Å². The normalized spacial score (nSPS) is 9.88. The molecule has 0 spiro atoms. The lowest BCUT2D eigenvalue weighted by atomic mass is 10.4. The van der Waals surface area contributed by atoms with Gasteiger partial charge in [-0.15, -0.1) is 11.3 Å². The van der Waals surface area contributed by atoms with Crippen LogP contribution in [0.3, 0.4) is 0 Å². The molecule has 16 heavy (non-hydrogen) atoms. The number of carbonyl (C=O) groups is 2. The van der Waals surface area contributed by atoms with Crippen molar-refractivity contribution in [3.8, 4) is 0 Å². The van der Waals surface area contributed by atoms with Crippen molar-refractivity contribution < 1.29 is 9.59 Å². The highest BCUT2D eigenvalue weighted by atomic mass is 32.1. The Hall–Kier alpha value is -1.47. The zero-order chi connectivity index (χ0) is 12.0. The van der Waals surface area contributed by atoms with Crippen LogP contribution in [-0.4, -0.2) is 29.9 Å². The second kappa shape index (κ2) is 6.19. The van der Waals surface area contributed by atoms with E-state index in [-0.39, 0.29) is 18.4 Å². The first-order valence-electron chi connectivity index (χ1n) is 4.86. The number of rotatable bonds is 5. The molecule has 0 radical (unpaired) electrons. The number of nitrogens with zero attached hydrogens (tertiary/aromatic N) is 1. The lowest BCUT2D eigenvalue weighted by molar-refractivity contribution is -0.120. The number of aromatic nitrogens is 1. The number of amides is 2. The SMILES string of the molecule is CCNC(=O)CNC(=O)c1csc(CN)n1. The monoisotopic (exact) mass is 242 g/mol. The van der Waals surface area contributed by atoms with E-state index >= 15 is 0 Å². The Bertz CT molecular complexity index is 377. The molecule has 1 rings (SSSR count). The Morgan fingerprint density at radius 1 is 1.50 bits per heavy atom. The molecule has 88 valence electrons. The molecule has 0 aliphatic rings. The van der Waals surface area contributed by atoms with Crippen LogP contribution in [0.5, 0.6) is 0 Å². The molecule has 0 atom stereocenters. The average molecular weight is 242 g/mol. The number of carbonyl (C=O) groups excluding carboxylic acids is 2. The van der Waals surface area contributed by atoms with Gasteiger partial charge in [0.15, 0.2) is 0 Å². The minimum atomic E-state index is -0.359. The molecule has 0 aliphatic carbocycles. The van der Waals surface area contributed by atoms with Crippen molar-refractivity contribution in [1.82, 2.24) is 15.6 Å². The Kier molecular flexibility index (Phi) is 4.87. The van der Waals surface area contributed by atoms with Crippen LogP contribution in [0.1, 0.15) is 22.4 Å². The summed E-state index contributed by atoms with van der Waals surface area (Å²) < 4.78 is 0. The molecular formula is C9H14N4O2S. The minimum absolute atomic E-state index is 0.0395. The maximum atomic E-state index is 11.5. The second-order valence-corrected chi connectivity index (χ2v) is 3.91. The summed E-state index contributed by atoms with van der Waals surface area (Å²) in [6.45, 7) is 2.63. The molecule has 0 fully saturated rings. The van der Waals surface area contributed by atoms with Gasteiger partial charge in [0, 0.05) is 18.5 Å². The molecular weight excluding hydrogens is 228 g/mol. The molecule has 7 heteroatoms. The van der Waals surface area contributed by atoms with E-state index in [4.69, 9.17) is 5.73 Å². The largest absolute Gasteiger partial charge is 0.355 e. The van der Waals surface area contributed by atoms with Gasteiger partial charge >= 0.3 is 0 Å². The smallest absolute Gasteiger partial charge is 0.271 e. The summed E-state index contributed by atoms with van der Waals surface area (Å²) in [5.41, 5.74) is 5.68. The van der Waals surface area contributed by atoms with Crippen molar-refractivity contribution in [2.45, 2.75) is 13.5 Å². The number of likely N-dealkylation sites (N-methyl/N-ethyl adjacent to an activating group) is 1. The average Bonchev–Trinajstić information content (AvgIpc) is 2.75. The van der Waals surface area contributed by atoms with Gasteiger partial charge < -0.3 is 16.4 Å². The molecule has 4 N–H and O–H groups in total. The van der Waals surface area contributed by atoms with Crippen LogP contribution < -0.4 is 16.4 Å². The fourth-order valence-corrected chi connectivity index (χ4v) is 1.67. The van der Waals surface area contributed by atoms with E-state index < -0.39 is 0 Å². The zero-order valence-electron chi connectivity index (χ0n) is 8.95. The first kappa shape index (κ1) is 12.6. The van der Waals surface area contributed by atoms with E-state index in [0.717, 1.165) is 0 Å². The molecule has 0 aromatic carbocycles. The predicted octanol–water partition coefficient (Wildman–Crippen LogP) is -0.532. The Balaban J connectivity index is 2.43. The summed E-state index contributed by atoms with van der Waals surface area (Å²) in [5.74, 6) is -0.577. The highest BCUT2D eigenvalue weighted by Gasteiger charge is 2.10. The summed E-state index contributed by atoms with van der Waals surface area (Å²) in [7, 11) is 0. The van der Waals surface area contributed by atoms with Crippen molar-refractivity contribution >= 4 is 23.2 Å². The van der Waals surface area contributed by atoms with Crippen LogP contribution in [0.4, 0.5) is 0 Å². The van der Waals surface area contributed by atoms with Gasteiger partial charge in [0.1, 0.15) is 10.7 Å². The van der Waals surface area contributed by atoms with Crippen molar-refractivity contribution in [1.29, 1.82) is 0 Å². The van der Waals surface area contributed by atoms with Gasteiger partial charge in [-0.2, -0.15) is 0 Å². The molecule has 0 saturated carbocycles. The van der Waals surface area contributed by atoms with Crippen LogP contribution in [0.2, 0.25) is 0 Å². The maximum absolute atomic E-state index is 11.5. The highest BCUT2D eigenvalue weighted by molar-refractivity contribution is 7.09. The Morgan fingerprint density at radius 3 is 2.81 bits per heavy atom. The summed E-state index contributed by atoms with van der Waals surface area (Å²) in [6.07, 6.45) is 0. The van der Waals surface area contributed by atoms with Gasteiger partial charge in [0.25, 0.3) is 5.91 Å². The Labute approximate surface area is 97.2 Å². The van der Waals surface area contributed by atoms with E-state index in [1.54, 1.807) is 5.38 Å². The molecule has 0 unspecified atom stereocenters. The number of nitrogens with one attached hydrogen (secondary N) is 2. The third kappa shape index (κ3) is 3.59. The molecule has 1 aromatic rings.